The quantitative estimate of drug-likeness (QED) is 0.691. The third kappa shape index (κ3) is 3.53. The number of hydrogen-bond acceptors (Lipinski definition) is 3. The van der Waals surface area contributed by atoms with Crippen molar-refractivity contribution in [1.82, 2.24) is 0 Å². The first-order valence-electron chi connectivity index (χ1n) is 8.85. The van der Waals surface area contributed by atoms with Gasteiger partial charge in [-0.25, -0.2) is 0 Å². The molecule has 3 aromatic rings. The second-order valence-electron chi connectivity index (χ2n) is 6.92. The third-order valence-electron chi connectivity index (χ3n) is 4.90. The zero-order valence-electron chi connectivity index (χ0n) is 15.7. The molecule has 1 atom stereocenters. The van der Waals surface area contributed by atoms with Crippen LogP contribution in [0.4, 0.5) is 0 Å². The second kappa shape index (κ2) is 7.64. The van der Waals surface area contributed by atoms with Crippen molar-refractivity contribution in [3.8, 4) is 0 Å². The molecule has 0 bridgehead atoms. The van der Waals surface area contributed by atoms with Crippen molar-refractivity contribution in [1.29, 1.82) is 0 Å². The van der Waals surface area contributed by atoms with Crippen LogP contribution in [-0.2, 0) is 4.79 Å². The summed E-state index contributed by atoms with van der Waals surface area (Å²) in [4.78, 5) is 11.9. The number of carboxylic acids is 1. The summed E-state index contributed by atoms with van der Waals surface area (Å²) < 4.78 is 0. The van der Waals surface area contributed by atoms with Gasteiger partial charge in [-0.15, -0.1) is 0 Å². The lowest BCUT2D eigenvalue weighted by Crippen LogP contribution is -2.47. The van der Waals surface area contributed by atoms with Gasteiger partial charge in [0.15, 0.2) is 0 Å². The highest BCUT2D eigenvalue weighted by atomic mass is 31.2. The van der Waals surface area contributed by atoms with Gasteiger partial charge in [0.05, 0.1) is 0 Å². The number of rotatable bonds is 5. The van der Waals surface area contributed by atoms with Crippen LogP contribution in [0.5, 0.6) is 0 Å². The molecule has 3 nitrogen and oxygen atoms in total. The van der Waals surface area contributed by atoms with E-state index in [9.17, 15) is 15.0 Å². The maximum atomic E-state index is 11.9. The average Bonchev–Trinajstić information content (AvgIpc) is 2.66. The molecule has 0 heterocycles. The van der Waals surface area contributed by atoms with Crippen molar-refractivity contribution in [2.24, 2.45) is 0 Å². The molecule has 0 saturated heterocycles. The van der Waals surface area contributed by atoms with E-state index in [1.807, 2.05) is 93.6 Å². The Morgan fingerprint density at radius 3 is 1.19 bits per heavy atom. The summed E-state index contributed by atoms with van der Waals surface area (Å²) in [5.41, 5.74) is 3.23. The molecular formula is C23H23O3P. The summed E-state index contributed by atoms with van der Waals surface area (Å²) in [6, 6.07) is 23.3. The lowest BCUT2D eigenvalue weighted by atomic mass is 10.2. The standard InChI is InChI=1S/C23H23O3P/c1-16-4-10-19(11-5-16)27(23(26)22(24)25,20-12-6-17(2)7-13-20)21-14-8-18(3)9-15-21/h4-15,23,26H,1-3H3. The van der Waals surface area contributed by atoms with Crippen LogP contribution in [0.25, 0.3) is 0 Å². The first kappa shape index (κ1) is 19.3. The minimum atomic E-state index is -2.87. The van der Waals surface area contributed by atoms with Crippen molar-refractivity contribution >= 4 is 29.1 Å². The van der Waals surface area contributed by atoms with Gasteiger partial charge >= 0.3 is 0 Å². The van der Waals surface area contributed by atoms with Crippen LogP contribution in [0, 0.1) is 20.8 Å². The van der Waals surface area contributed by atoms with Crippen molar-refractivity contribution in [3.05, 3.63) is 89.5 Å². The number of carboxylic acid groups (broad SMARTS) is 1. The van der Waals surface area contributed by atoms with Crippen molar-refractivity contribution < 1.29 is 15.0 Å². The molecule has 1 N–H and O–H groups in total. The molecule has 0 amide bonds. The van der Waals surface area contributed by atoms with Crippen LogP contribution in [0.1, 0.15) is 16.7 Å². The first-order valence-corrected chi connectivity index (χ1v) is 10.7. The van der Waals surface area contributed by atoms with Crippen LogP contribution < -0.4 is 21.0 Å². The number of hydrogen-bond donors (Lipinski definition) is 1. The molecule has 0 aliphatic carbocycles. The lowest BCUT2D eigenvalue weighted by Gasteiger charge is -2.32. The maximum absolute atomic E-state index is 11.9. The Hall–Kier alpha value is -2.48. The largest absolute Gasteiger partial charge is 0.543 e. The normalized spacial score (nSPS) is 12.6. The highest BCUT2D eigenvalue weighted by molar-refractivity contribution is 7.96. The van der Waals surface area contributed by atoms with Crippen LogP contribution in [-0.4, -0.2) is 16.9 Å². The molecule has 0 spiro atoms. The van der Waals surface area contributed by atoms with E-state index in [0.717, 1.165) is 32.6 Å². The fourth-order valence-corrected chi connectivity index (χ4v) is 7.28. The van der Waals surface area contributed by atoms with Crippen molar-refractivity contribution in [2.45, 2.75) is 26.6 Å². The van der Waals surface area contributed by atoms with Gasteiger partial charge in [0.1, 0.15) is 29.1 Å². The molecule has 0 saturated carbocycles. The number of aliphatic hydroxyl groups excluding tert-OH is 1. The topological polar surface area (TPSA) is 60.4 Å². The molecule has 27 heavy (non-hydrogen) atoms. The summed E-state index contributed by atoms with van der Waals surface area (Å²) in [5, 5.41) is 25.4. The first-order chi connectivity index (χ1) is 12.9. The van der Waals surface area contributed by atoms with Crippen LogP contribution in [0.2, 0.25) is 0 Å². The summed E-state index contributed by atoms with van der Waals surface area (Å²) in [5.74, 6) is -3.09. The van der Waals surface area contributed by atoms with Gasteiger partial charge in [0.2, 0.25) is 5.85 Å². The molecule has 138 valence electrons. The minimum absolute atomic E-state index is 0.817. The molecule has 0 fully saturated rings. The van der Waals surface area contributed by atoms with E-state index in [0.29, 0.717) is 0 Å². The predicted molar refractivity (Wildman–Crippen MR) is 110 cm³/mol. The van der Waals surface area contributed by atoms with E-state index >= 15 is 0 Å². The van der Waals surface area contributed by atoms with E-state index in [2.05, 4.69) is 0 Å². The molecule has 4 heteroatoms. The van der Waals surface area contributed by atoms with Crippen molar-refractivity contribution in [2.75, 3.05) is 0 Å². The monoisotopic (exact) mass is 378 g/mol. The molecule has 3 rings (SSSR count). The molecule has 0 radical (unpaired) electrons. The number of aryl methyl sites for hydroxylation is 3. The molecule has 0 aromatic heterocycles. The highest BCUT2D eigenvalue weighted by Crippen LogP contribution is 2.58. The van der Waals surface area contributed by atoms with E-state index in [1.165, 1.54) is 0 Å². The lowest BCUT2D eigenvalue weighted by molar-refractivity contribution is -0.310. The number of benzene rings is 3. The zero-order valence-corrected chi connectivity index (χ0v) is 16.6. The maximum Gasteiger partial charge on any atom is 0.218 e. The predicted octanol–water partition coefficient (Wildman–Crippen LogP) is 1.97. The Bertz CT molecular complexity index is 818. The van der Waals surface area contributed by atoms with E-state index in [4.69, 9.17) is 0 Å². The Labute approximate surface area is 160 Å². The SMILES string of the molecule is Cc1ccc([P+](c2ccc(C)cc2)(c2ccc(C)cc2)C(O)C(=O)[O-])cc1. The Morgan fingerprint density at radius 2 is 0.963 bits per heavy atom. The van der Waals surface area contributed by atoms with Gasteiger partial charge < -0.3 is 15.0 Å². The molecule has 3 aromatic carbocycles. The van der Waals surface area contributed by atoms with Gasteiger partial charge in [-0.2, -0.15) is 0 Å². The van der Waals surface area contributed by atoms with E-state index < -0.39 is 19.1 Å². The molecule has 1 unspecified atom stereocenters. The summed E-state index contributed by atoms with van der Waals surface area (Å²) in [6.45, 7) is 5.95. The van der Waals surface area contributed by atoms with Gasteiger partial charge in [-0.1, -0.05) is 53.1 Å². The van der Waals surface area contributed by atoms with E-state index in [-0.39, 0.29) is 0 Å². The fraction of sp³-hybridized carbons (Fsp3) is 0.174. The van der Waals surface area contributed by atoms with Gasteiger partial charge in [0, 0.05) is 0 Å². The summed E-state index contributed by atoms with van der Waals surface area (Å²) in [6.07, 6.45) is 0. The van der Waals surface area contributed by atoms with Gasteiger partial charge in [0.25, 0.3) is 0 Å². The van der Waals surface area contributed by atoms with Crippen molar-refractivity contribution in [3.63, 3.8) is 0 Å². The van der Waals surface area contributed by atoms with Crippen LogP contribution >= 0.6 is 7.26 Å². The van der Waals surface area contributed by atoms with Gasteiger partial charge in [-0.05, 0) is 57.2 Å². The molecule has 0 aliphatic rings. The fourth-order valence-electron chi connectivity index (χ4n) is 3.37. The Kier molecular flexibility index (Phi) is 5.46. The average molecular weight is 378 g/mol. The minimum Gasteiger partial charge on any atom is -0.543 e. The third-order valence-corrected chi connectivity index (χ3v) is 9.18. The number of aliphatic carboxylic acids is 1. The summed E-state index contributed by atoms with van der Waals surface area (Å²) >= 11 is 0. The number of carbonyl (C=O) groups is 1. The van der Waals surface area contributed by atoms with Crippen LogP contribution in [0.15, 0.2) is 72.8 Å². The van der Waals surface area contributed by atoms with E-state index in [1.54, 1.807) is 0 Å². The van der Waals surface area contributed by atoms with Crippen LogP contribution in [0.3, 0.4) is 0 Å². The zero-order chi connectivity index (χ0) is 19.6. The smallest absolute Gasteiger partial charge is 0.218 e. The molecular weight excluding hydrogens is 355 g/mol. The van der Waals surface area contributed by atoms with Gasteiger partial charge in [-0.3, -0.25) is 0 Å². The molecule has 0 aliphatic heterocycles. The highest BCUT2D eigenvalue weighted by Gasteiger charge is 2.53. The second-order valence-corrected chi connectivity index (χ2v) is 10.4. The number of carbonyl (C=O) groups excluding carboxylic acids is 1. The Morgan fingerprint density at radius 1 is 0.704 bits per heavy atom. The Balaban J connectivity index is 2.40. The number of aliphatic hydroxyl groups is 1. The summed E-state index contributed by atoms with van der Waals surface area (Å²) in [7, 11) is -2.87.